The number of benzene rings is 1. The molecule has 1 N–H and O–H groups in total. The average Bonchev–Trinajstić information content (AvgIpc) is 3.26. The monoisotopic (exact) mass is 245 g/mol. The SMILES string of the molecule is CCOc1ccc(CNC(C2CC2)C2CC2)cc1. The van der Waals surface area contributed by atoms with Crippen molar-refractivity contribution in [3.8, 4) is 5.75 Å². The molecule has 0 bridgehead atoms. The van der Waals surface area contributed by atoms with E-state index in [1.807, 2.05) is 6.92 Å². The zero-order chi connectivity index (χ0) is 12.4. The molecule has 0 radical (unpaired) electrons. The first-order valence-corrected chi connectivity index (χ1v) is 7.32. The van der Waals surface area contributed by atoms with Gasteiger partial charge in [0, 0.05) is 12.6 Å². The predicted molar refractivity (Wildman–Crippen MR) is 73.7 cm³/mol. The topological polar surface area (TPSA) is 21.3 Å². The van der Waals surface area contributed by atoms with Gasteiger partial charge in [-0.15, -0.1) is 0 Å². The molecule has 0 atom stereocenters. The number of hydrogen-bond donors (Lipinski definition) is 1. The molecule has 3 rings (SSSR count). The lowest BCUT2D eigenvalue weighted by molar-refractivity contribution is 0.340. The molecule has 2 aliphatic rings. The molecule has 2 heteroatoms. The molecule has 2 aliphatic carbocycles. The fourth-order valence-electron chi connectivity index (χ4n) is 2.73. The summed E-state index contributed by atoms with van der Waals surface area (Å²) in [6, 6.07) is 9.29. The van der Waals surface area contributed by atoms with Crippen molar-refractivity contribution in [3.63, 3.8) is 0 Å². The van der Waals surface area contributed by atoms with Gasteiger partial charge in [0.2, 0.25) is 0 Å². The molecule has 0 spiro atoms. The summed E-state index contributed by atoms with van der Waals surface area (Å²) in [5, 5.41) is 3.77. The van der Waals surface area contributed by atoms with E-state index in [4.69, 9.17) is 4.74 Å². The Balaban J connectivity index is 1.52. The Morgan fingerprint density at radius 2 is 1.72 bits per heavy atom. The lowest BCUT2D eigenvalue weighted by Crippen LogP contribution is -2.32. The van der Waals surface area contributed by atoms with Crippen molar-refractivity contribution < 1.29 is 4.74 Å². The van der Waals surface area contributed by atoms with Crippen LogP contribution in [0.4, 0.5) is 0 Å². The van der Waals surface area contributed by atoms with Gasteiger partial charge in [0.25, 0.3) is 0 Å². The second-order valence-corrected chi connectivity index (χ2v) is 5.66. The zero-order valence-electron chi connectivity index (χ0n) is 11.2. The number of rotatable bonds is 7. The third-order valence-electron chi connectivity index (χ3n) is 4.04. The second kappa shape index (κ2) is 5.31. The smallest absolute Gasteiger partial charge is 0.119 e. The molecule has 1 aromatic rings. The maximum atomic E-state index is 5.46. The lowest BCUT2D eigenvalue weighted by Gasteiger charge is -2.17. The summed E-state index contributed by atoms with van der Waals surface area (Å²) in [6.07, 6.45) is 5.77. The highest BCUT2D eigenvalue weighted by molar-refractivity contribution is 5.27. The first kappa shape index (κ1) is 12.0. The molecule has 0 aliphatic heterocycles. The van der Waals surface area contributed by atoms with E-state index in [2.05, 4.69) is 29.6 Å². The van der Waals surface area contributed by atoms with E-state index in [0.717, 1.165) is 36.8 Å². The van der Waals surface area contributed by atoms with Crippen molar-refractivity contribution in [1.82, 2.24) is 5.32 Å². The van der Waals surface area contributed by atoms with Gasteiger partial charge in [0.15, 0.2) is 0 Å². The van der Waals surface area contributed by atoms with Crippen molar-refractivity contribution in [2.75, 3.05) is 6.61 Å². The van der Waals surface area contributed by atoms with E-state index in [-0.39, 0.29) is 0 Å². The average molecular weight is 245 g/mol. The molecule has 0 saturated heterocycles. The van der Waals surface area contributed by atoms with E-state index in [9.17, 15) is 0 Å². The third kappa shape index (κ3) is 3.05. The van der Waals surface area contributed by atoms with Gasteiger partial charge in [-0.3, -0.25) is 0 Å². The van der Waals surface area contributed by atoms with Crippen LogP contribution in [0.25, 0.3) is 0 Å². The van der Waals surface area contributed by atoms with Gasteiger partial charge in [-0.2, -0.15) is 0 Å². The summed E-state index contributed by atoms with van der Waals surface area (Å²) < 4.78 is 5.46. The van der Waals surface area contributed by atoms with E-state index in [1.165, 1.54) is 31.2 Å². The number of ether oxygens (including phenoxy) is 1. The summed E-state index contributed by atoms with van der Waals surface area (Å²) in [5.74, 6) is 2.92. The highest BCUT2D eigenvalue weighted by Crippen LogP contribution is 2.44. The van der Waals surface area contributed by atoms with Crippen LogP contribution >= 0.6 is 0 Å². The summed E-state index contributed by atoms with van der Waals surface area (Å²) in [4.78, 5) is 0. The molecule has 0 unspecified atom stereocenters. The highest BCUT2D eigenvalue weighted by atomic mass is 16.5. The van der Waals surface area contributed by atoms with Gasteiger partial charge in [-0.25, -0.2) is 0 Å². The zero-order valence-corrected chi connectivity index (χ0v) is 11.2. The van der Waals surface area contributed by atoms with Crippen LogP contribution in [0.5, 0.6) is 5.75 Å². The lowest BCUT2D eigenvalue weighted by atomic mass is 10.1. The highest BCUT2D eigenvalue weighted by Gasteiger charge is 2.40. The molecule has 0 amide bonds. The van der Waals surface area contributed by atoms with E-state index >= 15 is 0 Å². The minimum atomic E-state index is 0.739. The third-order valence-corrected chi connectivity index (χ3v) is 4.04. The maximum absolute atomic E-state index is 5.46. The molecule has 18 heavy (non-hydrogen) atoms. The van der Waals surface area contributed by atoms with Crippen LogP contribution in [0.2, 0.25) is 0 Å². The molecule has 2 nitrogen and oxygen atoms in total. The molecule has 0 heterocycles. The normalized spacial score (nSPS) is 19.2. The van der Waals surface area contributed by atoms with Crippen LogP contribution in [-0.4, -0.2) is 12.6 Å². The van der Waals surface area contributed by atoms with E-state index < -0.39 is 0 Å². The molecule has 2 saturated carbocycles. The first-order valence-electron chi connectivity index (χ1n) is 7.32. The van der Waals surface area contributed by atoms with E-state index in [0.29, 0.717) is 0 Å². The Kier molecular flexibility index (Phi) is 3.55. The quantitative estimate of drug-likeness (QED) is 0.795. The molecular weight excluding hydrogens is 222 g/mol. The van der Waals surface area contributed by atoms with Crippen molar-refractivity contribution in [2.24, 2.45) is 11.8 Å². The summed E-state index contributed by atoms with van der Waals surface area (Å²) in [5.41, 5.74) is 1.37. The Hall–Kier alpha value is -1.02. The van der Waals surface area contributed by atoms with Gasteiger partial charge in [0.1, 0.15) is 5.75 Å². The number of hydrogen-bond acceptors (Lipinski definition) is 2. The Morgan fingerprint density at radius 1 is 1.11 bits per heavy atom. The van der Waals surface area contributed by atoms with Crippen molar-refractivity contribution in [1.29, 1.82) is 0 Å². The minimum Gasteiger partial charge on any atom is -0.494 e. The summed E-state index contributed by atoms with van der Waals surface area (Å²) in [6.45, 7) is 3.76. The van der Waals surface area contributed by atoms with Gasteiger partial charge < -0.3 is 10.1 Å². The largest absolute Gasteiger partial charge is 0.494 e. The first-order chi connectivity index (χ1) is 8.86. The van der Waals surface area contributed by atoms with Crippen LogP contribution in [0.1, 0.15) is 38.2 Å². The molecule has 1 aromatic carbocycles. The van der Waals surface area contributed by atoms with Crippen LogP contribution in [0, 0.1) is 11.8 Å². The number of nitrogens with one attached hydrogen (secondary N) is 1. The predicted octanol–water partition coefficient (Wildman–Crippen LogP) is 3.36. The van der Waals surface area contributed by atoms with Gasteiger partial charge in [-0.05, 0) is 62.1 Å². The van der Waals surface area contributed by atoms with Gasteiger partial charge >= 0.3 is 0 Å². The maximum Gasteiger partial charge on any atom is 0.119 e. The fraction of sp³-hybridized carbons (Fsp3) is 0.625. The standard InChI is InChI=1S/C16H23NO/c1-2-18-15-9-3-12(4-10-15)11-17-16(13-5-6-13)14-7-8-14/h3-4,9-10,13-14,16-17H,2,5-8,11H2,1H3. The van der Waals surface area contributed by atoms with Crippen LogP contribution < -0.4 is 10.1 Å². The molecule has 2 fully saturated rings. The van der Waals surface area contributed by atoms with Gasteiger partial charge in [-0.1, -0.05) is 12.1 Å². The van der Waals surface area contributed by atoms with Crippen LogP contribution in [-0.2, 0) is 6.54 Å². The summed E-state index contributed by atoms with van der Waals surface area (Å²) in [7, 11) is 0. The minimum absolute atomic E-state index is 0.739. The fourth-order valence-corrected chi connectivity index (χ4v) is 2.73. The van der Waals surface area contributed by atoms with Crippen molar-refractivity contribution in [2.45, 2.75) is 45.2 Å². The Morgan fingerprint density at radius 3 is 2.22 bits per heavy atom. The van der Waals surface area contributed by atoms with Crippen LogP contribution in [0.15, 0.2) is 24.3 Å². The molecule has 98 valence electrons. The van der Waals surface area contributed by atoms with Crippen LogP contribution in [0.3, 0.4) is 0 Å². The van der Waals surface area contributed by atoms with Gasteiger partial charge in [0.05, 0.1) is 6.61 Å². The Bertz CT molecular complexity index is 367. The second-order valence-electron chi connectivity index (χ2n) is 5.66. The molecule has 0 aromatic heterocycles. The summed E-state index contributed by atoms with van der Waals surface area (Å²) >= 11 is 0. The molecular formula is C16H23NO. The van der Waals surface area contributed by atoms with Crippen molar-refractivity contribution in [3.05, 3.63) is 29.8 Å². The Labute approximate surface area is 110 Å². The van der Waals surface area contributed by atoms with Crippen molar-refractivity contribution >= 4 is 0 Å². The van der Waals surface area contributed by atoms with E-state index in [1.54, 1.807) is 0 Å².